The predicted octanol–water partition coefficient (Wildman–Crippen LogP) is -0.752. The van der Waals surface area contributed by atoms with Gasteiger partial charge in [0.05, 0.1) is 18.5 Å². The molecule has 2 N–H and O–H groups in total. The molecule has 10 heavy (non-hydrogen) atoms. The van der Waals surface area contributed by atoms with Crippen LogP contribution in [-0.4, -0.2) is 21.6 Å². The van der Waals surface area contributed by atoms with Crippen LogP contribution in [0.4, 0.5) is 0 Å². The number of nitrogens with two attached hydrogens (primary N) is 1. The van der Waals surface area contributed by atoms with Crippen LogP contribution in [0.5, 0.6) is 0 Å². The molecule has 1 heterocycles. The molecule has 0 aliphatic heterocycles. The van der Waals surface area contributed by atoms with E-state index in [1.165, 1.54) is 0 Å². The molecule has 0 fully saturated rings. The number of hydrogen-bond acceptors (Lipinski definition) is 4. The first-order valence-corrected chi connectivity index (χ1v) is 3.00. The highest BCUT2D eigenvalue weighted by atomic mass is 16.6. The number of aryl methyl sites for hydroxylation is 1. The molecule has 1 aromatic heterocycles. The lowest BCUT2D eigenvalue weighted by atomic mass is 10.3. The van der Waals surface area contributed by atoms with E-state index >= 15 is 0 Å². The maximum absolute atomic E-state index is 4.85. The summed E-state index contributed by atoms with van der Waals surface area (Å²) in [5, 5.41) is 7.43. The molecule has 0 saturated heterocycles. The molecular weight excluding hydrogens is 132 g/mol. The van der Waals surface area contributed by atoms with Crippen molar-refractivity contribution in [2.45, 2.75) is 6.42 Å². The fraction of sp³-hybridized carbons (Fsp3) is 0.600. The smallest absolute Gasteiger partial charge is 0.0735 e. The van der Waals surface area contributed by atoms with E-state index < -0.39 is 0 Å². The van der Waals surface area contributed by atoms with E-state index in [4.69, 9.17) is 5.90 Å². The van der Waals surface area contributed by atoms with Gasteiger partial charge >= 0.3 is 0 Å². The van der Waals surface area contributed by atoms with Crippen molar-refractivity contribution >= 4 is 0 Å². The Morgan fingerprint density at radius 2 is 2.60 bits per heavy atom. The van der Waals surface area contributed by atoms with Gasteiger partial charge in [0, 0.05) is 13.5 Å². The highest BCUT2D eigenvalue weighted by Crippen LogP contribution is 1.93. The molecule has 1 aromatic rings. The minimum absolute atomic E-state index is 0.501. The highest BCUT2D eigenvalue weighted by molar-refractivity contribution is 4.92. The summed E-state index contributed by atoms with van der Waals surface area (Å²) in [6, 6.07) is 0. The lowest BCUT2D eigenvalue weighted by Crippen LogP contribution is -2.07. The lowest BCUT2D eigenvalue weighted by molar-refractivity contribution is 0.140. The molecule has 0 aromatic carbocycles. The Bertz CT molecular complexity index is 197. The van der Waals surface area contributed by atoms with Crippen molar-refractivity contribution in [3.05, 3.63) is 11.9 Å². The molecule has 0 amide bonds. The average molecular weight is 142 g/mol. The van der Waals surface area contributed by atoms with Gasteiger partial charge in [-0.25, -0.2) is 5.90 Å². The van der Waals surface area contributed by atoms with Gasteiger partial charge in [-0.05, 0) is 0 Å². The fourth-order valence-corrected chi connectivity index (χ4v) is 0.701. The summed E-state index contributed by atoms with van der Waals surface area (Å²) in [6.07, 6.45) is 2.44. The second-order valence-corrected chi connectivity index (χ2v) is 1.97. The van der Waals surface area contributed by atoms with Crippen LogP contribution in [-0.2, 0) is 18.3 Å². The quantitative estimate of drug-likeness (QED) is 0.564. The van der Waals surface area contributed by atoms with Crippen LogP contribution in [0.25, 0.3) is 0 Å². The summed E-state index contributed by atoms with van der Waals surface area (Å²) in [5.41, 5.74) is 1.02. The van der Waals surface area contributed by atoms with E-state index in [2.05, 4.69) is 15.1 Å². The van der Waals surface area contributed by atoms with E-state index in [1.54, 1.807) is 10.9 Å². The van der Waals surface area contributed by atoms with Crippen LogP contribution >= 0.6 is 0 Å². The third-order valence-electron chi connectivity index (χ3n) is 1.28. The molecule has 0 aliphatic carbocycles. The van der Waals surface area contributed by atoms with Gasteiger partial charge in [0.1, 0.15) is 0 Å². The number of hydrogen-bond donors (Lipinski definition) is 1. The van der Waals surface area contributed by atoms with Crippen molar-refractivity contribution in [2.75, 3.05) is 6.61 Å². The molecule has 56 valence electrons. The third-order valence-corrected chi connectivity index (χ3v) is 1.28. The fourth-order valence-electron chi connectivity index (χ4n) is 0.701. The predicted molar refractivity (Wildman–Crippen MR) is 34.8 cm³/mol. The van der Waals surface area contributed by atoms with E-state index in [0.717, 1.165) is 12.1 Å². The molecule has 5 nitrogen and oxygen atoms in total. The summed E-state index contributed by atoms with van der Waals surface area (Å²) >= 11 is 0. The maximum atomic E-state index is 4.85. The number of aromatic nitrogens is 3. The summed E-state index contributed by atoms with van der Waals surface area (Å²) < 4.78 is 1.69. The molecule has 0 bridgehead atoms. The lowest BCUT2D eigenvalue weighted by Gasteiger charge is -1.96. The Hall–Kier alpha value is -0.940. The zero-order chi connectivity index (χ0) is 7.40. The largest absolute Gasteiger partial charge is 0.304 e. The molecule has 0 spiro atoms. The van der Waals surface area contributed by atoms with Crippen LogP contribution in [0, 0.1) is 0 Å². The summed E-state index contributed by atoms with van der Waals surface area (Å²) in [6.45, 7) is 0.501. The minimum atomic E-state index is 0.501. The molecule has 0 atom stereocenters. The van der Waals surface area contributed by atoms with Crippen molar-refractivity contribution < 1.29 is 4.84 Å². The standard InChI is InChI=1S/C5H10N4O/c1-9-5(2-3-10-6)4-7-8-9/h4H,2-3,6H2,1H3. The zero-order valence-electron chi connectivity index (χ0n) is 5.82. The van der Waals surface area contributed by atoms with Gasteiger partial charge in [0.15, 0.2) is 0 Å². The minimum Gasteiger partial charge on any atom is -0.304 e. The van der Waals surface area contributed by atoms with Gasteiger partial charge in [-0.15, -0.1) is 5.10 Å². The summed E-state index contributed by atoms with van der Waals surface area (Å²) in [4.78, 5) is 4.40. The van der Waals surface area contributed by atoms with Crippen molar-refractivity contribution in [1.82, 2.24) is 15.0 Å². The first-order chi connectivity index (χ1) is 4.84. The number of rotatable bonds is 3. The molecule has 0 saturated carbocycles. The zero-order valence-corrected chi connectivity index (χ0v) is 5.82. The van der Waals surface area contributed by atoms with Crippen molar-refractivity contribution in [3.8, 4) is 0 Å². The molecule has 5 heteroatoms. The van der Waals surface area contributed by atoms with Gasteiger partial charge in [-0.3, -0.25) is 4.68 Å². The molecular formula is C5H10N4O. The van der Waals surface area contributed by atoms with Crippen molar-refractivity contribution in [2.24, 2.45) is 12.9 Å². The topological polar surface area (TPSA) is 66.0 Å². The van der Waals surface area contributed by atoms with Gasteiger partial charge in [-0.2, -0.15) is 0 Å². The SMILES string of the molecule is Cn1nncc1CCON. The summed E-state index contributed by atoms with van der Waals surface area (Å²) in [5.74, 6) is 4.85. The molecule has 0 unspecified atom stereocenters. The van der Waals surface area contributed by atoms with Crippen molar-refractivity contribution in [3.63, 3.8) is 0 Å². The molecule has 0 aliphatic rings. The first-order valence-electron chi connectivity index (χ1n) is 3.00. The highest BCUT2D eigenvalue weighted by Gasteiger charge is 1.97. The Labute approximate surface area is 58.7 Å². The van der Waals surface area contributed by atoms with Gasteiger partial charge in [-0.1, -0.05) is 5.21 Å². The van der Waals surface area contributed by atoms with E-state index in [9.17, 15) is 0 Å². The number of nitrogens with zero attached hydrogens (tertiary/aromatic N) is 3. The second kappa shape index (κ2) is 3.28. The van der Waals surface area contributed by atoms with Crippen LogP contribution in [0.3, 0.4) is 0 Å². The molecule has 1 rings (SSSR count). The van der Waals surface area contributed by atoms with Crippen LogP contribution < -0.4 is 5.90 Å². The van der Waals surface area contributed by atoms with Crippen molar-refractivity contribution in [1.29, 1.82) is 0 Å². The third kappa shape index (κ3) is 1.52. The second-order valence-electron chi connectivity index (χ2n) is 1.97. The normalized spacial score (nSPS) is 10.2. The monoisotopic (exact) mass is 142 g/mol. The van der Waals surface area contributed by atoms with Gasteiger partial charge in [0.2, 0.25) is 0 Å². The Balaban J connectivity index is 2.49. The van der Waals surface area contributed by atoms with E-state index in [-0.39, 0.29) is 0 Å². The van der Waals surface area contributed by atoms with Crippen LogP contribution in [0.2, 0.25) is 0 Å². The Kier molecular flexibility index (Phi) is 2.35. The van der Waals surface area contributed by atoms with E-state index in [0.29, 0.717) is 6.61 Å². The Morgan fingerprint density at radius 3 is 3.10 bits per heavy atom. The van der Waals surface area contributed by atoms with Crippen LogP contribution in [0.15, 0.2) is 6.20 Å². The summed E-state index contributed by atoms with van der Waals surface area (Å²) in [7, 11) is 1.83. The van der Waals surface area contributed by atoms with Crippen LogP contribution in [0.1, 0.15) is 5.69 Å². The molecule has 0 radical (unpaired) electrons. The van der Waals surface area contributed by atoms with Gasteiger partial charge in [0.25, 0.3) is 0 Å². The van der Waals surface area contributed by atoms with Gasteiger partial charge < -0.3 is 4.84 Å². The Morgan fingerprint density at radius 1 is 1.80 bits per heavy atom. The first kappa shape index (κ1) is 7.17. The maximum Gasteiger partial charge on any atom is 0.0735 e. The average Bonchev–Trinajstić information content (AvgIpc) is 2.31. The van der Waals surface area contributed by atoms with E-state index in [1.807, 2.05) is 7.05 Å².